The van der Waals surface area contributed by atoms with Crippen LogP contribution in [-0.4, -0.2) is 30.6 Å². The maximum absolute atomic E-state index is 5.81. The van der Waals surface area contributed by atoms with Crippen LogP contribution in [0.5, 0.6) is 0 Å². The average molecular weight is 200 g/mol. The SMILES string of the molecule is CCCC(C)N(C)C(CN)CC(C)C. The number of hydrogen-bond donors (Lipinski definition) is 1. The third-order valence-corrected chi connectivity index (χ3v) is 2.99. The van der Waals surface area contributed by atoms with E-state index in [9.17, 15) is 0 Å². The van der Waals surface area contributed by atoms with Gasteiger partial charge in [-0.25, -0.2) is 0 Å². The molecule has 0 rings (SSSR count). The van der Waals surface area contributed by atoms with E-state index in [0.717, 1.165) is 12.5 Å². The monoisotopic (exact) mass is 200 g/mol. The summed E-state index contributed by atoms with van der Waals surface area (Å²) in [7, 11) is 2.21. The quantitative estimate of drug-likeness (QED) is 0.684. The highest BCUT2D eigenvalue weighted by Gasteiger charge is 2.18. The molecule has 0 heterocycles. The summed E-state index contributed by atoms with van der Waals surface area (Å²) < 4.78 is 0. The van der Waals surface area contributed by atoms with Gasteiger partial charge < -0.3 is 5.73 Å². The second kappa shape index (κ2) is 7.24. The van der Waals surface area contributed by atoms with Crippen LogP contribution in [0.4, 0.5) is 0 Å². The van der Waals surface area contributed by atoms with Gasteiger partial charge in [-0.2, -0.15) is 0 Å². The Bertz CT molecular complexity index is 134. The van der Waals surface area contributed by atoms with Crippen molar-refractivity contribution in [1.29, 1.82) is 0 Å². The number of likely N-dealkylation sites (N-methyl/N-ethyl adjacent to an activating group) is 1. The van der Waals surface area contributed by atoms with Gasteiger partial charge in [0, 0.05) is 18.6 Å². The molecule has 0 aliphatic carbocycles. The lowest BCUT2D eigenvalue weighted by Crippen LogP contribution is -2.43. The van der Waals surface area contributed by atoms with Crippen LogP contribution >= 0.6 is 0 Å². The first-order valence-corrected chi connectivity index (χ1v) is 5.94. The largest absolute Gasteiger partial charge is 0.329 e. The predicted molar refractivity (Wildman–Crippen MR) is 64.4 cm³/mol. The average Bonchev–Trinajstić information content (AvgIpc) is 2.13. The van der Waals surface area contributed by atoms with Gasteiger partial charge in [-0.15, -0.1) is 0 Å². The van der Waals surface area contributed by atoms with E-state index in [-0.39, 0.29) is 0 Å². The summed E-state index contributed by atoms with van der Waals surface area (Å²) in [5, 5.41) is 0. The molecule has 0 aliphatic heterocycles. The summed E-state index contributed by atoms with van der Waals surface area (Å²) in [4.78, 5) is 2.45. The molecule has 2 unspecified atom stereocenters. The molecule has 86 valence electrons. The van der Waals surface area contributed by atoms with Crippen LogP contribution in [0.3, 0.4) is 0 Å². The summed E-state index contributed by atoms with van der Waals surface area (Å²) in [5.74, 6) is 0.736. The van der Waals surface area contributed by atoms with E-state index < -0.39 is 0 Å². The Balaban J connectivity index is 4.07. The van der Waals surface area contributed by atoms with Gasteiger partial charge >= 0.3 is 0 Å². The predicted octanol–water partition coefficient (Wildman–Crippen LogP) is 2.48. The fourth-order valence-corrected chi connectivity index (χ4v) is 1.95. The molecule has 2 N–H and O–H groups in total. The Labute approximate surface area is 89.9 Å². The Morgan fingerprint density at radius 2 is 1.79 bits per heavy atom. The first-order chi connectivity index (χ1) is 6.52. The molecule has 0 spiro atoms. The zero-order valence-electron chi connectivity index (χ0n) is 10.6. The second-order valence-electron chi connectivity index (χ2n) is 4.82. The van der Waals surface area contributed by atoms with Gasteiger partial charge in [0.2, 0.25) is 0 Å². The van der Waals surface area contributed by atoms with Gasteiger partial charge in [0.1, 0.15) is 0 Å². The van der Waals surface area contributed by atoms with Gasteiger partial charge in [-0.3, -0.25) is 4.90 Å². The second-order valence-corrected chi connectivity index (χ2v) is 4.82. The van der Waals surface area contributed by atoms with Gasteiger partial charge in [0.15, 0.2) is 0 Å². The molecule has 2 heteroatoms. The highest BCUT2D eigenvalue weighted by molar-refractivity contribution is 4.75. The van der Waals surface area contributed by atoms with E-state index >= 15 is 0 Å². The van der Waals surface area contributed by atoms with Crippen LogP contribution in [0.2, 0.25) is 0 Å². The van der Waals surface area contributed by atoms with Gasteiger partial charge in [0.05, 0.1) is 0 Å². The molecule has 0 bridgehead atoms. The summed E-state index contributed by atoms with van der Waals surface area (Å²) in [6.45, 7) is 9.85. The molecule has 0 aromatic carbocycles. The molecule has 0 amide bonds. The highest BCUT2D eigenvalue weighted by atomic mass is 15.2. The fourth-order valence-electron chi connectivity index (χ4n) is 1.95. The summed E-state index contributed by atoms with van der Waals surface area (Å²) in [6, 6.07) is 1.21. The van der Waals surface area contributed by atoms with Crippen LogP contribution in [-0.2, 0) is 0 Å². The molecular formula is C12H28N2. The Morgan fingerprint density at radius 1 is 1.21 bits per heavy atom. The molecule has 0 aromatic heterocycles. The molecule has 0 aromatic rings. The van der Waals surface area contributed by atoms with Gasteiger partial charge in [-0.1, -0.05) is 27.2 Å². The van der Waals surface area contributed by atoms with Crippen LogP contribution in [0.25, 0.3) is 0 Å². The molecule has 0 radical (unpaired) electrons. The lowest BCUT2D eigenvalue weighted by molar-refractivity contribution is 0.159. The minimum Gasteiger partial charge on any atom is -0.329 e. The smallest absolute Gasteiger partial charge is 0.0220 e. The van der Waals surface area contributed by atoms with Crippen molar-refractivity contribution in [1.82, 2.24) is 4.90 Å². The van der Waals surface area contributed by atoms with Crippen molar-refractivity contribution in [2.24, 2.45) is 11.7 Å². The van der Waals surface area contributed by atoms with Crippen molar-refractivity contribution in [3.8, 4) is 0 Å². The first-order valence-electron chi connectivity index (χ1n) is 5.94. The van der Waals surface area contributed by atoms with Crippen LogP contribution in [0, 0.1) is 5.92 Å². The zero-order chi connectivity index (χ0) is 11.1. The van der Waals surface area contributed by atoms with Crippen LogP contribution < -0.4 is 5.73 Å². The summed E-state index contributed by atoms with van der Waals surface area (Å²) >= 11 is 0. The molecule has 0 saturated heterocycles. The molecule has 2 atom stereocenters. The molecule has 0 aliphatic rings. The zero-order valence-corrected chi connectivity index (χ0v) is 10.6. The number of nitrogens with zero attached hydrogens (tertiary/aromatic N) is 1. The summed E-state index contributed by atoms with van der Waals surface area (Å²) in [5.41, 5.74) is 5.81. The normalized spacial score (nSPS) is 16.3. The molecule has 2 nitrogen and oxygen atoms in total. The van der Waals surface area contributed by atoms with E-state index in [4.69, 9.17) is 5.73 Å². The van der Waals surface area contributed by atoms with E-state index in [1.165, 1.54) is 19.3 Å². The lowest BCUT2D eigenvalue weighted by atomic mass is 10.0. The molecule has 0 saturated carbocycles. The standard InChI is InChI=1S/C12H28N2/c1-6-7-11(4)14(5)12(9-13)8-10(2)3/h10-12H,6-9,13H2,1-5H3. The van der Waals surface area contributed by atoms with Crippen molar-refractivity contribution < 1.29 is 0 Å². The van der Waals surface area contributed by atoms with Crippen molar-refractivity contribution in [2.45, 2.75) is 59.0 Å². The van der Waals surface area contributed by atoms with Crippen LogP contribution in [0.1, 0.15) is 47.0 Å². The molecule has 14 heavy (non-hydrogen) atoms. The third-order valence-electron chi connectivity index (χ3n) is 2.99. The number of rotatable bonds is 7. The lowest BCUT2D eigenvalue weighted by Gasteiger charge is -2.33. The van der Waals surface area contributed by atoms with Gasteiger partial charge in [-0.05, 0) is 32.7 Å². The molecular weight excluding hydrogens is 172 g/mol. The minimum absolute atomic E-state index is 0.552. The van der Waals surface area contributed by atoms with Crippen LogP contribution in [0.15, 0.2) is 0 Å². The maximum atomic E-state index is 5.81. The Kier molecular flexibility index (Phi) is 7.20. The Morgan fingerprint density at radius 3 is 2.14 bits per heavy atom. The number of nitrogens with two attached hydrogens (primary N) is 1. The van der Waals surface area contributed by atoms with Crippen molar-refractivity contribution >= 4 is 0 Å². The fraction of sp³-hybridized carbons (Fsp3) is 1.00. The summed E-state index contributed by atoms with van der Waals surface area (Å²) in [6.07, 6.45) is 3.73. The maximum Gasteiger partial charge on any atom is 0.0220 e. The topological polar surface area (TPSA) is 29.3 Å². The van der Waals surface area contributed by atoms with Crippen molar-refractivity contribution in [3.05, 3.63) is 0 Å². The van der Waals surface area contributed by atoms with E-state index in [1.54, 1.807) is 0 Å². The first kappa shape index (κ1) is 13.9. The van der Waals surface area contributed by atoms with Crippen molar-refractivity contribution in [3.63, 3.8) is 0 Å². The number of hydrogen-bond acceptors (Lipinski definition) is 2. The molecule has 0 fully saturated rings. The Hall–Kier alpha value is -0.0800. The van der Waals surface area contributed by atoms with E-state index in [1.807, 2.05) is 0 Å². The third kappa shape index (κ3) is 4.97. The highest BCUT2D eigenvalue weighted by Crippen LogP contribution is 2.14. The van der Waals surface area contributed by atoms with Crippen molar-refractivity contribution in [2.75, 3.05) is 13.6 Å². The van der Waals surface area contributed by atoms with E-state index in [2.05, 4.69) is 39.6 Å². The minimum atomic E-state index is 0.552. The van der Waals surface area contributed by atoms with Gasteiger partial charge in [0.25, 0.3) is 0 Å². The van der Waals surface area contributed by atoms with E-state index in [0.29, 0.717) is 12.1 Å².